The summed E-state index contributed by atoms with van der Waals surface area (Å²) in [6.45, 7) is 8.43. The highest BCUT2D eigenvalue weighted by Gasteiger charge is 2.24. The van der Waals surface area contributed by atoms with E-state index in [-0.39, 0.29) is 29.5 Å². The molecule has 6 heteroatoms. The third kappa shape index (κ3) is 6.77. The van der Waals surface area contributed by atoms with Gasteiger partial charge in [0.25, 0.3) is 5.91 Å². The molecule has 4 rings (SSSR count). The van der Waals surface area contributed by atoms with Gasteiger partial charge in [0.2, 0.25) is 0 Å². The molecule has 0 saturated carbocycles. The lowest BCUT2D eigenvalue weighted by molar-refractivity contribution is 0.0746. The van der Waals surface area contributed by atoms with Gasteiger partial charge in [-0.15, -0.1) is 12.4 Å². The molecule has 3 aromatic carbocycles. The van der Waals surface area contributed by atoms with E-state index in [9.17, 15) is 9.18 Å². The van der Waals surface area contributed by atoms with Crippen LogP contribution in [-0.2, 0) is 24.8 Å². The van der Waals surface area contributed by atoms with E-state index in [2.05, 4.69) is 50.4 Å². The number of hydrogen-bond acceptors (Lipinski definition) is 2. The van der Waals surface area contributed by atoms with Crippen molar-refractivity contribution in [1.29, 1.82) is 0 Å². The van der Waals surface area contributed by atoms with Crippen molar-refractivity contribution in [2.45, 2.75) is 52.0 Å². The molecule has 0 spiro atoms. The summed E-state index contributed by atoms with van der Waals surface area (Å²) in [5.74, 6) is -0.303. The molecule has 0 aliphatic carbocycles. The van der Waals surface area contributed by atoms with Crippen molar-refractivity contribution in [3.05, 3.63) is 99.3 Å². The Kier molecular flexibility index (Phi) is 8.84. The molecule has 1 N–H and O–H groups in total. The van der Waals surface area contributed by atoms with Crippen LogP contribution in [0, 0.1) is 5.82 Å². The molecule has 0 fully saturated rings. The second kappa shape index (κ2) is 11.5. The predicted octanol–water partition coefficient (Wildman–Crippen LogP) is 7.44. The number of nitrogens with zero attached hydrogens (tertiary/aromatic N) is 1. The van der Waals surface area contributed by atoms with Gasteiger partial charge in [-0.1, -0.05) is 68.8 Å². The average Bonchev–Trinajstić information content (AvgIpc) is 2.81. The highest BCUT2D eigenvalue weighted by molar-refractivity contribution is 6.31. The number of fused-ring (bicyclic) bond motifs is 1. The van der Waals surface area contributed by atoms with Crippen LogP contribution >= 0.6 is 24.0 Å². The number of amides is 1. The Morgan fingerprint density at radius 1 is 1.03 bits per heavy atom. The molecule has 186 valence electrons. The summed E-state index contributed by atoms with van der Waals surface area (Å²) in [4.78, 5) is 15.7. The average molecular weight is 516 g/mol. The zero-order valence-electron chi connectivity index (χ0n) is 20.5. The highest BCUT2D eigenvalue weighted by atomic mass is 35.5. The molecule has 35 heavy (non-hydrogen) atoms. The first kappa shape index (κ1) is 27.0. The molecule has 3 aromatic rings. The molecule has 0 bridgehead atoms. The number of anilines is 1. The molecule has 1 amide bonds. The summed E-state index contributed by atoms with van der Waals surface area (Å²) in [6, 6.07) is 18.7. The number of hydrogen-bond donors (Lipinski definition) is 1. The summed E-state index contributed by atoms with van der Waals surface area (Å²) < 4.78 is 13.4. The lowest BCUT2D eigenvalue weighted by Crippen LogP contribution is -2.33. The van der Waals surface area contributed by atoms with Gasteiger partial charge >= 0.3 is 0 Å². The zero-order chi connectivity index (χ0) is 24.3. The Labute approximate surface area is 219 Å². The van der Waals surface area contributed by atoms with E-state index in [0.29, 0.717) is 30.1 Å². The van der Waals surface area contributed by atoms with Gasteiger partial charge in [0, 0.05) is 24.7 Å². The number of nitrogens with one attached hydrogen (secondary N) is 1. The zero-order valence-corrected chi connectivity index (χ0v) is 22.1. The first-order valence-corrected chi connectivity index (χ1v) is 12.3. The van der Waals surface area contributed by atoms with E-state index in [1.165, 1.54) is 17.7 Å². The van der Waals surface area contributed by atoms with Gasteiger partial charge in [0.05, 0.1) is 11.3 Å². The van der Waals surface area contributed by atoms with Crippen LogP contribution in [0.5, 0.6) is 0 Å². The fourth-order valence-electron chi connectivity index (χ4n) is 4.40. The lowest BCUT2D eigenvalue weighted by Gasteiger charge is -2.27. The molecular weight excluding hydrogens is 482 g/mol. The maximum Gasteiger partial charge on any atom is 0.256 e. The van der Waals surface area contributed by atoms with Crippen LogP contribution in [-0.4, -0.2) is 23.9 Å². The van der Waals surface area contributed by atoms with E-state index in [1.54, 1.807) is 18.2 Å². The van der Waals surface area contributed by atoms with Crippen molar-refractivity contribution < 1.29 is 9.18 Å². The lowest BCUT2D eigenvalue weighted by atomic mass is 9.87. The predicted molar refractivity (Wildman–Crippen MR) is 145 cm³/mol. The minimum absolute atomic E-state index is 0. The Morgan fingerprint density at radius 3 is 2.34 bits per heavy atom. The van der Waals surface area contributed by atoms with Gasteiger partial charge < -0.3 is 10.2 Å². The van der Waals surface area contributed by atoms with Gasteiger partial charge in [-0.3, -0.25) is 4.79 Å². The summed E-state index contributed by atoms with van der Waals surface area (Å²) in [7, 11) is 0. The molecule has 0 radical (unpaired) electrons. The van der Waals surface area contributed by atoms with E-state index in [4.69, 9.17) is 11.6 Å². The Balaban J connectivity index is 0.00000342. The van der Waals surface area contributed by atoms with Gasteiger partial charge in [-0.05, 0) is 71.2 Å². The molecule has 0 unspecified atom stereocenters. The van der Waals surface area contributed by atoms with Crippen molar-refractivity contribution in [2.75, 3.05) is 18.4 Å². The minimum atomic E-state index is -0.257. The molecule has 1 heterocycles. The van der Waals surface area contributed by atoms with Gasteiger partial charge in [0.15, 0.2) is 0 Å². The number of rotatable bonds is 6. The summed E-state index contributed by atoms with van der Waals surface area (Å²) in [5, 5.41) is 4.00. The van der Waals surface area contributed by atoms with E-state index in [1.807, 2.05) is 11.0 Å². The third-order valence-corrected chi connectivity index (χ3v) is 6.62. The topological polar surface area (TPSA) is 32.3 Å². The fraction of sp³-hybridized carbons (Fsp3) is 0.345. The fourth-order valence-corrected chi connectivity index (χ4v) is 4.64. The summed E-state index contributed by atoms with van der Waals surface area (Å²) in [6.07, 6.45) is 2.57. The van der Waals surface area contributed by atoms with E-state index < -0.39 is 0 Å². The minimum Gasteiger partial charge on any atom is -0.384 e. The maximum absolute atomic E-state index is 13.8. The van der Waals surface area contributed by atoms with E-state index >= 15 is 0 Å². The van der Waals surface area contributed by atoms with Crippen LogP contribution in [0.15, 0.2) is 60.7 Å². The third-order valence-electron chi connectivity index (χ3n) is 6.40. The van der Waals surface area contributed by atoms with Crippen molar-refractivity contribution in [2.24, 2.45) is 0 Å². The largest absolute Gasteiger partial charge is 0.384 e. The van der Waals surface area contributed by atoms with Crippen molar-refractivity contribution in [3.8, 4) is 0 Å². The smallest absolute Gasteiger partial charge is 0.256 e. The van der Waals surface area contributed by atoms with Crippen molar-refractivity contribution in [1.82, 2.24) is 4.90 Å². The number of benzene rings is 3. The second-order valence-corrected chi connectivity index (χ2v) is 10.5. The van der Waals surface area contributed by atoms with Gasteiger partial charge in [0.1, 0.15) is 5.82 Å². The molecule has 0 aromatic heterocycles. The highest BCUT2D eigenvalue weighted by Crippen LogP contribution is 2.31. The molecule has 1 aliphatic rings. The van der Waals surface area contributed by atoms with Crippen molar-refractivity contribution in [3.63, 3.8) is 0 Å². The van der Waals surface area contributed by atoms with E-state index in [0.717, 1.165) is 41.8 Å². The number of aryl methyl sites for hydroxylation is 1. The standard InChI is InChI=1S/C29H32ClFN2O.ClH/c1-29(2,3)23-10-6-21(7-11-23)19-33(16-14-20-8-12-25(31)13-9-20)28(34)26-18-24(30)17-22-5-4-15-32-27(22)26;/h6-13,17-18,32H,4-5,14-16,19H2,1-3H3;1H. The molecular formula is C29H33Cl2FN2O. The molecule has 0 atom stereocenters. The second-order valence-electron chi connectivity index (χ2n) is 10.1. The van der Waals surface area contributed by atoms with Crippen LogP contribution in [0.25, 0.3) is 0 Å². The normalized spacial score (nSPS) is 12.8. The Hall–Kier alpha value is -2.56. The van der Waals surface area contributed by atoms with Crippen LogP contribution in [0.4, 0.5) is 10.1 Å². The molecule has 1 aliphatic heterocycles. The molecule has 3 nitrogen and oxygen atoms in total. The first-order chi connectivity index (χ1) is 16.2. The van der Waals surface area contributed by atoms with Crippen LogP contribution in [0.2, 0.25) is 5.02 Å². The van der Waals surface area contributed by atoms with Crippen LogP contribution in [0.3, 0.4) is 0 Å². The van der Waals surface area contributed by atoms with Crippen molar-refractivity contribution >= 4 is 35.6 Å². The maximum atomic E-state index is 13.8. The number of halogens is 3. The first-order valence-electron chi connectivity index (χ1n) is 11.9. The monoisotopic (exact) mass is 514 g/mol. The van der Waals surface area contributed by atoms with Crippen LogP contribution < -0.4 is 5.32 Å². The Bertz CT molecular complexity index is 1160. The summed E-state index contributed by atoms with van der Waals surface area (Å²) >= 11 is 6.40. The SMILES string of the molecule is CC(C)(C)c1ccc(CN(CCc2ccc(F)cc2)C(=O)c2cc(Cl)cc3c2NCCC3)cc1.Cl. The number of carbonyl (C=O) groups excluding carboxylic acids is 1. The number of carbonyl (C=O) groups is 1. The van der Waals surface area contributed by atoms with Gasteiger partial charge in [-0.25, -0.2) is 4.39 Å². The molecule has 0 saturated heterocycles. The van der Waals surface area contributed by atoms with Crippen LogP contribution in [0.1, 0.15) is 59.8 Å². The Morgan fingerprint density at radius 2 is 1.69 bits per heavy atom. The summed E-state index contributed by atoms with van der Waals surface area (Å²) in [5.41, 5.74) is 6.01. The van der Waals surface area contributed by atoms with Gasteiger partial charge in [-0.2, -0.15) is 0 Å². The quantitative estimate of drug-likeness (QED) is 0.370.